The summed E-state index contributed by atoms with van der Waals surface area (Å²) in [6, 6.07) is 9.35. The lowest BCUT2D eigenvalue weighted by atomic mass is 10.1. The molecule has 0 atom stereocenters. The van der Waals surface area contributed by atoms with Gasteiger partial charge in [-0.15, -0.1) is 0 Å². The van der Waals surface area contributed by atoms with Crippen molar-refractivity contribution in [3.63, 3.8) is 0 Å². The molecule has 0 spiro atoms. The van der Waals surface area contributed by atoms with Gasteiger partial charge in [-0.1, -0.05) is 0 Å². The second-order valence-electron chi connectivity index (χ2n) is 5.38. The number of carbonyl (C=O) groups is 1. The highest BCUT2D eigenvalue weighted by Gasteiger charge is 2.25. The predicted octanol–water partition coefficient (Wildman–Crippen LogP) is 2.48. The molecule has 1 aliphatic heterocycles. The van der Waals surface area contributed by atoms with Crippen LogP contribution in [0, 0.1) is 10.1 Å². The van der Waals surface area contributed by atoms with Gasteiger partial charge in [0.2, 0.25) is 0 Å². The number of nitro groups is 1. The molecule has 0 radical (unpaired) electrons. The third kappa shape index (κ3) is 2.85. The van der Waals surface area contributed by atoms with E-state index in [2.05, 4.69) is 4.98 Å². The van der Waals surface area contributed by atoms with Gasteiger partial charge in [0.25, 0.3) is 11.6 Å². The molecule has 118 valence electrons. The van der Waals surface area contributed by atoms with Crippen LogP contribution in [0.15, 0.2) is 42.6 Å². The monoisotopic (exact) mass is 312 g/mol. The summed E-state index contributed by atoms with van der Waals surface area (Å²) in [4.78, 5) is 31.1. The van der Waals surface area contributed by atoms with Gasteiger partial charge in [0.15, 0.2) is 5.82 Å². The first-order chi connectivity index (χ1) is 11.1. The van der Waals surface area contributed by atoms with E-state index in [1.165, 1.54) is 24.3 Å². The van der Waals surface area contributed by atoms with Crippen LogP contribution in [0.4, 0.5) is 17.2 Å². The molecule has 2 aromatic rings. The van der Waals surface area contributed by atoms with E-state index in [1.807, 2.05) is 18.0 Å². The highest BCUT2D eigenvalue weighted by Crippen LogP contribution is 2.30. The number of nitro benzene ring substituents is 1. The molecule has 0 unspecified atom stereocenters. The average molecular weight is 312 g/mol. The van der Waals surface area contributed by atoms with Gasteiger partial charge < -0.3 is 9.80 Å². The summed E-state index contributed by atoms with van der Waals surface area (Å²) >= 11 is 0. The fourth-order valence-corrected chi connectivity index (χ4v) is 2.68. The molecule has 0 saturated heterocycles. The molecule has 2 heterocycles. The van der Waals surface area contributed by atoms with E-state index in [0.29, 0.717) is 12.1 Å². The number of pyridine rings is 1. The number of benzene rings is 1. The Bertz CT molecular complexity index is 745. The van der Waals surface area contributed by atoms with Crippen LogP contribution >= 0.6 is 0 Å². The normalized spacial score (nSPS) is 14.1. The molecular formula is C16H16N4O3. The lowest BCUT2D eigenvalue weighted by molar-refractivity contribution is -0.384. The van der Waals surface area contributed by atoms with Crippen LogP contribution in [0.25, 0.3) is 0 Å². The Morgan fingerprint density at radius 1 is 1.22 bits per heavy atom. The van der Waals surface area contributed by atoms with E-state index in [-0.39, 0.29) is 11.6 Å². The lowest BCUT2D eigenvalue weighted by Crippen LogP contribution is -2.31. The van der Waals surface area contributed by atoms with Gasteiger partial charge in [-0.2, -0.15) is 0 Å². The number of rotatable bonds is 2. The van der Waals surface area contributed by atoms with Gasteiger partial charge in [0, 0.05) is 44.0 Å². The SMILES string of the molecule is CN1CCCN(C(=O)c2ccc([N+](=O)[O-])cc2)c2cccnc21. The van der Waals surface area contributed by atoms with Gasteiger partial charge in [-0.3, -0.25) is 14.9 Å². The van der Waals surface area contributed by atoms with Crippen molar-refractivity contribution >= 4 is 23.1 Å². The molecule has 7 heteroatoms. The van der Waals surface area contributed by atoms with Crippen molar-refractivity contribution in [2.75, 3.05) is 29.9 Å². The minimum atomic E-state index is -0.478. The molecule has 0 bridgehead atoms. The zero-order valence-corrected chi connectivity index (χ0v) is 12.7. The molecule has 23 heavy (non-hydrogen) atoms. The second kappa shape index (κ2) is 6.04. The Balaban J connectivity index is 1.95. The second-order valence-corrected chi connectivity index (χ2v) is 5.38. The fourth-order valence-electron chi connectivity index (χ4n) is 2.68. The van der Waals surface area contributed by atoms with Crippen LogP contribution in [0.5, 0.6) is 0 Å². The summed E-state index contributed by atoms with van der Waals surface area (Å²) in [5, 5.41) is 10.7. The molecule has 1 amide bonds. The Kier molecular flexibility index (Phi) is 3.92. The van der Waals surface area contributed by atoms with E-state index in [0.717, 1.165) is 24.5 Å². The number of anilines is 2. The first kappa shape index (κ1) is 15.0. The molecule has 0 N–H and O–H groups in total. The van der Waals surface area contributed by atoms with E-state index in [9.17, 15) is 14.9 Å². The molecule has 3 rings (SSSR count). The van der Waals surface area contributed by atoms with Crippen LogP contribution < -0.4 is 9.80 Å². The lowest BCUT2D eigenvalue weighted by Gasteiger charge is -2.23. The number of amides is 1. The number of carbonyl (C=O) groups excluding carboxylic acids is 1. The van der Waals surface area contributed by atoms with E-state index >= 15 is 0 Å². The van der Waals surface area contributed by atoms with Crippen molar-refractivity contribution in [1.82, 2.24) is 4.98 Å². The van der Waals surface area contributed by atoms with E-state index < -0.39 is 4.92 Å². The number of aromatic nitrogens is 1. The molecule has 7 nitrogen and oxygen atoms in total. The third-order valence-corrected chi connectivity index (χ3v) is 3.86. The minimum absolute atomic E-state index is 0.0285. The molecule has 1 aromatic heterocycles. The Labute approximate surface area is 133 Å². The molecule has 0 fully saturated rings. The maximum absolute atomic E-state index is 12.8. The van der Waals surface area contributed by atoms with Crippen molar-refractivity contribution in [3.8, 4) is 0 Å². The minimum Gasteiger partial charge on any atom is -0.358 e. The van der Waals surface area contributed by atoms with Crippen molar-refractivity contribution in [2.45, 2.75) is 6.42 Å². The summed E-state index contributed by atoms with van der Waals surface area (Å²) in [5.74, 6) is 0.588. The maximum Gasteiger partial charge on any atom is 0.269 e. The molecule has 0 aliphatic carbocycles. The standard InChI is InChI=1S/C16H16N4O3/c1-18-10-3-11-19(14-4-2-9-17-15(14)18)16(21)12-5-7-13(8-6-12)20(22)23/h2,4-9H,3,10-11H2,1H3. The highest BCUT2D eigenvalue weighted by atomic mass is 16.6. The number of hydrogen-bond donors (Lipinski definition) is 0. The topological polar surface area (TPSA) is 79.6 Å². The maximum atomic E-state index is 12.8. The Morgan fingerprint density at radius 3 is 2.65 bits per heavy atom. The fraction of sp³-hybridized carbons (Fsp3) is 0.250. The highest BCUT2D eigenvalue weighted by molar-refractivity contribution is 6.07. The summed E-state index contributed by atoms with van der Waals surface area (Å²) in [5.41, 5.74) is 1.16. The molecule has 1 aliphatic rings. The van der Waals surface area contributed by atoms with Crippen LogP contribution in [0.3, 0.4) is 0 Å². The van der Waals surface area contributed by atoms with Crippen LogP contribution in [0.1, 0.15) is 16.8 Å². The summed E-state index contributed by atoms with van der Waals surface area (Å²) in [6.07, 6.45) is 2.53. The van der Waals surface area contributed by atoms with Gasteiger partial charge in [0.1, 0.15) is 0 Å². The summed E-state index contributed by atoms with van der Waals surface area (Å²) < 4.78 is 0. The van der Waals surface area contributed by atoms with E-state index in [1.54, 1.807) is 17.2 Å². The van der Waals surface area contributed by atoms with Crippen molar-refractivity contribution in [2.24, 2.45) is 0 Å². The van der Waals surface area contributed by atoms with Crippen LogP contribution in [-0.2, 0) is 0 Å². The van der Waals surface area contributed by atoms with Crippen LogP contribution in [-0.4, -0.2) is 36.0 Å². The predicted molar refractivity (Wildman–Crippen MR) is 86.9 cm³/mol. The van der Waals surface area contributed by atoms with Crippen molar-refractivity contribution in [3.05, 3.63) is 58.3 Å². The Morgan fingerprint density at radius 2 is 1.96 bits per heavy atom. The molecule has 1 aromatic carbocycles. The van der Waals surface area contributed by atoms with Gasteiger partial charge in [0.05, 0.1) is 10.6 Å². The third-order valence-electron chi connectivity index (χ3n) is 3.86. The van der Waals surface area contributed by atoms with Crippen LogP contribution in [0.2, 0.25) is 0 Å². The van der Waals surface area contributed by atoms with E-state index in [4.69, 9.17) is 0 Å². The van der Waals surface area contributed by atoms with Gasteiger partial charge in [-0.05, 0) is 30.7 Å². The number of nitrogens with zero attached hydrogens (tertiary/aromatic N) is 4. The Hall–Kier alpha value is -2.96. The first-order valence-electron chi connectivity index (χ1n) is 7.30. The largest absolute Gasteiger partial charge is 0.358 e. The van der Waals surface area contributed by atoms with Gasteiger partial charge >= 0.3 is 0 Å². The number of hydrogen-bond acceptors (Lipinski definition) is 5. The zero-order valence-electron chi connectivity index (χ0n) is 12.7. The number of non-ortho nitro benzene ring substituents is 1. The summed E-state index contributed by atoms with van der Waals surface area (Å²) in [7, 11) is 1.95. The summed E-state index contributed by atoms with van der Waals surface area (Å²) in [6.45, 7) is 1.40. The van der Waals surface area contributed by atoms with Crippen molar-refractivity contribution in [1.29, 1.82) is 0 Å². The molecular weight excluding hydrogens is 296 g/mol. The first-order valence-corrected chi connectivity index (χ1v) is 7.30. The van der Waals surface area contributed by atoms with Crippen molar-refractivity contribution < 1.29 is 9.72 Å². The molecule has 0 saturated carbocycles. The smallest absolute Gasteiger partial charge is 0.269 e. The van der Waals surface area contributed by atoms with Gasteiger partial charge in [-0.25, -0.2) is 4.98 Å². The average Bonchev–Trinajstić information content (AvgIpc) is 2.74. The zero-order chi connectivity index (χ0) is 16.4. The quantitative estimate of drug-likeness (QED) is 0.628. The number of fused-ring (bicyclic) bond motifs is 1.